The summed E-state index contributed by atoms with van der Waals surface area (Å²) in [5.41, 5.74) is 4.66. The van der Waals surface area contributed by atoms with E-state index in [2.05, 4.69) is 17.3 Å². The van der Waals surface area contributed by atoms with Crippen molar-refractivity contribution in [1.29, 1.82) is 0 Å². The Bertz CT molecular complexity index is 788. The van der Waals surface area contributed by atoms with Gasteiger partial charge in [-0.2, -0.15) is 0 Å². The molecule has 3 N–H and O–H groups in total. The van der Waals surface area contributed by atoms with E-state index < -0.39 is 17.1 Å². The molecule has 128 valence electrons. The van der Waals surface area contributed by atoms with Gasteiger partial charge in [0.25, 0.3) is 11.5 Å². The van der Waals surface area contributed by atoms with Crippen molar-refractivity contribution in [2.24, 2.45) is 17.6 Å². The minimum absolute atomic E-state index is 0.188. The van der Waals surface area contributed by atoms with Gasteiger partial charge in [-0.25, -0.2) is 4.39 Å². The number of fused-ring (bicyclic) bond motifs is 1. The highest BCUT2D eigenvalue weighted by molar-refractivity contribution is 5.98. The van der Waals surface area contributed by atoms with Crippen LogP contribution in [-0.4, -0.2) is 47.2 Å². The van der Waals surface area contributed by atoms with Crippen LogP contribution in [0, 0.1) is 11.8 Å². The molecular weight excluding hydrogens is 311 g/mol. The SMILES string of the molecule is CN1C[C@@H]2C(Nc3cc(=O)n(C45CC(F)(C4)C5)cc3C(N)=O)[C@@H]2C1. The molecule has 4 aliphatic carbocycles. The molecule has 24 heavy (non-hydrogen) atoms. The molecule has 1 aromatic heterocycles. The van der Waals surface area contributed by atoms with Crippen LogP contribution in [0.15, 0.2) is 17.1 Å². The highest BCUT2D eigenvalue weighted by Gasteiger charge is 2.70. The van der Waals surface area contributed by atoms with E-state index in [0.29, 0.717) is 48.4 Å². The molecule has 1 aliphatic heterocycles. The lowest BCUT2D eigenvalue weighted by atomic mass is 9.47. The molecule has 2 bridgehead atoms. The van der Waals surface area contributed by atoms with E-state index in [1.165, 1.54) is 16.8 Å². The number of nitrogens with one attached hydrogen (secondary N) is 1. The molecule has 7 heteroatoms. The van der Waals surface area contributed by atoms with E-state index >= 15 is 0 Å². The lowest BCUT2D eigenvalue weighted by Gasteiger charge is -2.66. The average Bonchev–Trinajstić information content (AvgIpc) is 2.89. The minimum atomic E-state index is -1.10. The van der Waals surface area contributed by atoms with Gasteiger partial charge < -0.3 is 20.5 Å². The van der Waals surface area contributed by atoms with E-state index in [1.54, 1.807) is 0 Å². The third-order valence-corrected chi connectivity index (χ3v) is 6.47. The van der Waals surface area contributed by atoms with E-state index in [4.69, 9.17) is 5.73 Å². The van der Waals surface area contributed by atoms with Gasteiger partial charge in [-0.1, -0.05) is 0 Å². The van der Waals surface area contributed by atoms with Gasteiger partial charge in [-0.3, -0.25) is 9.59 Å². The molecule has 1 saturated heterocycles. The Balaban J connectivity index is 1.44. The van der Waals surface area contributed by atoms with Gasteiger partial charge in [0.05, 0.1) is 16.8 Å². The maximum Gasteiger partial charge on any atom is 0.253 e. The average molecular weight is 332 g/mol. The summed E-state index contributed by atoms with van der Waals surface area (Å²) in [5, 5.41) is 3.35. The maximum atomic E-state index is 13.8. The first-order valence-electron chi connectivity index (χ1n) is 8.51. The number of nitrogens with two attached hydrogens (primary N) is 1. The smallest absolute Gasteiger partial charge is 0.253 e. The van der Waals surface area contributed by atoms with Gasteiger partial charge in [0, 0.05) is 50.7 Å². The Labute approximate surface area is 138 Å². The van der Waals surface area contributed by atoms with Crippen LogP contribution >= 0.6 is 0 Å². The lowest BCUT2D eigenvalue weighted by molar-refractivity contribution is -0.199. The second-order valence-electron chi connectivity index (χ2n) is 8.30. The van der Waals surface area contributed by atoms with Gasteiger partial charge in [0.15, 0.2) is 0 Å². The van der Waals surface area contributed by atoms with Crippen molar-refractivity contribution in [3.05, 3.63) is 28.2 Å². The van der Waals surface area contributed by atoms with E-state index in [1.807, 2.05) is 0 Å². The minimum Gasteiger partial charge on any atom is -0.381 e. The van der Waals surface area contributed by atoms with Crippen molar-refractivity contribution >= 4 is 11.6 Å². The van der Waals surface area contributed by atoms with Crippen molar-refractivity contribution in [3.63, 3.8) is 0 Å². The van der Waals surface area contributed by atoms with Gasteiger partial charge >= 0.3 is 0 Å². The Hall–Kier alpha value is -1.89. The van der Waals surface area contributed by atoms with Gasteiger partial charge in [-0.05, 0) is 18.9 Å². The zero-order valence-electron chi connectivity index (χ0n) is 13.6. The summed E-state index contributed by atoms with van der Waals surface area (Å²) in [7, 11) is 2.10. The largest absolute Gasteiger partial charge is 0.381 e. The summed E-state index contributed by atoms with van der Waals surface area (Å²) in [4.78, 5) is 26.7. The van der Waals surface area contributed by atoms with E-state index in [9.17, 15) is 14.0 Å². The topological polar surface area (TPSA) is 80.4 Å². The third kappa shape index (κ3) is 1.79. The highest BCUT2D eigenvalue weighted by atomic mass is 19.1. The predicted octanol–water partition coefficient (Wildman–Crippen LogP) is 0.520. The van der Waals surface area contributed by atoms with E-state index in [-0.39, 0.29) is 5.56 Å². The number of carbonyl (C=O) groups is 1. The number of aromatic nitrogens is 1. The molecule has 1 amide bonds. The predicted molar refractivity (Wildman–Crippen MR) is 86.8 cm³/mol. The van der Waals surface area contributed by atoms with Crippen molar-refractivity contribution in [1.82, 2.24) is 9.47 Å². The normalized spacial score (nSPS) is 42.0. The van der Waals surface area contributed by atoms with Crippen LogP contribution in [0.25, 0.3) is 0 Å². The van der Waals surface area contributed by atoms with Crippen molar-refractivity contribution in [2.45, 2.75) is 36.5 Å². The van der Waals surface area contributed by atoms with Crippen LogP contribution in [0.3, 0.4) is 0 Å². The van der Waals surface area contributed by atoms with Crippen molar-refractivity contribution in [3.8, 4) is 0 Å². The first kappa shape index (κ1) is 14.5. The van der Waals surface area contributed by atoms with Crippen molar-refractivity contribution in [2.75, 3.05) is 25.5 Å². The molecule has 1 aromatic rings. The van der Waals surface area contributed by atoms with Crippen molar-refractivity contribution < 1.29 is 9.18 Å². The zero-order chi connectivity index (χ0) is 16.9. The monoisotopic (exact) mass is 332 g/mol. The molecular formula is C17H21FN4O2. The Morgan fingerprint density at radius 2 is 1.96 bits per heavy atom. The quantitative estimate of drug-likeness (QED) is 0.842. The molecule has 4 saturated carbocycles. The number of rotatable bonds is 4. The lowest BCUT2D eigenvalue weighted by Crippen LogP contribution is -2.71. The van der Waals surface area contributed by atoms with Crippen LogP contribution in [0.1, 0.15) is 29.6 Å². The number of piperidine rings is 1. The second-order valence-corrected chi connectivity index (χ2v) is 8.30. The van der Waals surface area contributed by atoms with Crippen LogP contribution < -0.4 is 16.6 Å². The van der Waals surface area contributed by atoms with Gasteiger partial charge in [0.2, 0.25) is 0 Å². The van der Waals surface area contributed by atoms with E-state index in [0.717, 1.165) is 13.1 Å². The number of hydrogen-bond donors (Lipinski definition) is 2. The number of amides is 1. The Morgan fingerprint density at radius 3 is 2.50 bits per heavy atom. The first-order chi connectivity index (χ1) is 11.3. The number of carbonyl (C=O) groups excluding carboxylic acids is 1. The molecule has 6 nitrogen and oxygen atoms in total. The summed E-state index contributed by atoms with van der Waals surface area (Å²) in [5.74, 6) is 0.583. The third-order valence-electron chi connectivity index (χ3n) is 6.47. The molecule has 0 radical (unpaired) electrons. The first-order valence-corrected chi connectivity index (χ1v) is 8.51. The molecule has 2 heterocycles. The number of alkyl halides is 1. The summed E-state index contributed by atoms with van der Waals surface area (Å²) < 4.78 is 15.3. The summed E-state index contributed by atoms with van der Waals surface area (Å²) in [6.45, 7) is 2.07. The van der Waals surface area contributed by atoms with Crippen LogP contribution in [0.5, 0.6) is 0 Å². The Morgan fingerprint density at radius 1 is 1.33 bits per heavy atom. The molecule has 0 aromatic carbocycles. The molecule has 0 spiro atoms. The number of halogens is 1. The fourth-order valence-corrected chi connectivity index (χ4v) is 5.22. The molecule has 1 unspecified atom stereocenters. The number of nitrogens with zero attached hydrogens (tertiary/aromatic N) is 2. The molecule has 3 atom stereocenters. The zero-order valence-corrected chi connectivity index (χ0v) is 13.6. The van der Waals surface area contributed by atoms with Gasteiger partial charge in [-0.15, -0.1) is 0 Å². The summed E-state index contributed by atoms with van der Waals surface area (Å²) in [6, 6.07) is 1.77. The standard InChI is InChI=1S/C17H21FN4O2/c1-21-3-9-10(4-21)14(9)20-12-2-13(23)22(5-11(12)15(19)24)17-6-16(18,7-17)8-17/h2,5,9-10,14,20H,3-4,6-8H2,1H3,(H2,19,24)/t9-,10+,14?,16?,17?. The van der Waals surface area contributed by atoms with Gasteiger partial charge in [0.1, 0.15) is 5.67 Å². The van der Waals surface area contributed by atoms with Crippen LogP contribution in [-0.2, 0) is 5.54 Å². The second kappa shape index (κ2) is 4.20. The molecule has 5 aliphatic rings. The van der Waals surface area contributed by atoms with Crippen LogP contribution in [0.4, 0.5) is 10.1 Å². The number of anilines is 1. The fraction of sp³-hybridized carbons (Fsp3) is 0.647. The molecule has 5 fully saturated rings. The highest BCUT2D eigenvalue weighted by Crippen LogP contribution is 2.67. The molecule has 6 rings (SSSR count). The number of primary amides is 1. The number of hydrogen-bond acceptors (Lipinski definition) is 4. The van der Waals surface area contributed by atoms with Crippen LogP contribution in [0.2, 0.25) is 0 Å². The Kier molecular flexibility index (Phi) is 2.53. The fourth-order valence-electron chi connectivity index (χ4n) is 5.22. The summed E-state index contributed by atoms with van der Waals surface area (Å²) >= 11 is 0. The maximum absolute atomic E-state index is 13.8. The summed E-state index contributed by atoms with van der Waals surface area (Å²) in [6.07, 6.45) is 2.63. The number of pyridine rings is 1. The number of likely N-dealkylation sites (tertiary alicyclic amines) is 1.